The quantitative estimate of drug-likeness (QED) is 0.678. The number of β-amino-alcohol motifs (C(OH)–C–C–N with tert-alkyl or cyclic N) is 1. The zero-order chi connectivity index (χ0) is 16.0. The summed E-state index contributed by atoms with van der Waals surface area (Å²) in [6.07, 6.45) is 2.26. The molecule has 0 aliphatic carbocycles. The number of hydrogen-bond donors (Lipinski definition) is 3. The summed E-state index contributed by atoms with van der Waals surface area (Å²) in [4.78, 5) is 14.4. The maximum atomic E-state index is 10.4. The van der Waals surface area contributed by atoms with Gasteiger partial charge in [-0.15, -0.1) is 0 Å². The van der Waals surface area contributed by atoms with Crippen LogP contribution in [0, 0.1) is 19.8 Å². The van der Waals surface area contributed by atoms with E-state index in [1.807, 2.05) is 32.2 Å². The van der Waals surface area contributed by atoms with Crippen molar-refractivity contribution in [1.82, 2.24) is 25.1 Å². The van der Waals surface area contributed by atoms with Crippen molar-refractivity contribution in [2.24, 2.45) is 5.92 Å². The van der Waals surface area contributed by atoms with Crippen LogP contribution in [-0.4, -0.2) is 49.4 Å². The highest BCUT2D eigenvalue weighted by Gasteiger charge is 2.33. The number of aromatic nitrogens is 5. The lowest BCUT2D eigenvalue weighted by Gasteiger charge is -2.18. The first-order valence-electron chi connectivity index (χ1n) is 7.86. The van der Waals surface area contributed by atoms with Gasteiger partial charge in [-0.05, 0) is 32.4 Å². The smallest absolute Gasteiger partial charge is 0.156 e. The van der Waals surface area contributed by atoms with Crippen molar-refractivity contribution in [2.45, 2.75) is 26.4 Å². The summed E-state index contributed by atoms with van der Waals surface area (Å²) < 4.78 is 0. The minimum absolute atomic E-state index is 0.151. The van der Waals surface area contributed by atoms with Crippen LogP contribution in [0.4, 0.5) is 5.82 Å². The first-order valence-corrected chi connectivity index (χ1v) is 7.86. The molecule has 7 heteroatoms. The van der Waals surface area contributed by atoms with Crippen LogP contribution < -0.4 is 4.90 Å². The van der Waals surface area contributed by atoms with Gasteiger partial charge in [-0.2, -0.15) is 5.10 Å². The molecule has 1 aliphatic heterocycles. The Morgan fingerprint density at radius 2 is 2.17 bits per heavy atom. The molecule has 0 bridgehead atoms. The maximum absolute atomic E-state index is 10.4. The zero-order valence-corrected chi connectivity index (χ0v) is 13.2. The number of aliphatic hydroxyl groups excluding tert-OH is 1. The number of hydrogen-bond acceptors (Lipinski definition) is 5. The van der Waals surface area contributed by atoms with Gasteiger partial charge < -0.3 is 15.0 Å². The van der Waals surface area contributed by atoms with E-state index in [0.29, 0.717) is 6.54 Å². The second-order valence-corrected chi connectivity index (χ2v) is 6.31. The van der Waals surface area contributed by atoms with E-state index in [1.165, 1.54) is 0 Å². The second-order valence-electron chi connectivity index (χ2n) is 6.31. The van der Waals surface area contributed by atoms with Crippen LogP contribution in [-0.2, 0) is 6.42 Å². The average Bonchev–Trinajstić information content (AvgIpc) is 3.20. The van der Waals surface area contributed by atoms with Gasteiger partial charge >= 0.3 is 0 Å². The average molecular weight is 312 g/mol. The molecular weight excluding hydrogens is 292 g/mol. The second kappa shape index (κ2) is 5.34. The lowest BCUT2D eigenvalue weighted by atomic mass is 10.0. The zero-order valence-electron chi connectivity index (χ0n) is 13.2. The van der Waals surface area contributed by atoms with Crippen molar-refractivity contribution >= 4 is 16.9 Å². The Kier molecular flexibility index (Phi) is 3.30. The molecule has 1 fully saturated rings. The highest BCUT2D eigenvalue weighted by Crippen LogP contribution is 2.29. The van der Waals surface area contributed by atoms with Gasteiger partial charge in [0.05, 0.1) is 17.3 Å². The van der Waals surface area contributed by atoms with Gasteiger partial charge in [0.15, 0.2) is 5.82 Å². The summed E-state index contributed by atoms with van der Waals surface area (Å²) in [7, 11) is 0. The van der Waals surface area contributed by atoms with E-state index in [-0.39, 0.29) is 12.0 Å². The van der Waals surface area contributed by atoms with Crippen molar-refractivity contribution in [3.63, 3.8) is 0 Å². The molecule has 23 heavy (non-hydrogen) atoms. The molecule has 7 nitrogen and oxygen atoms in total. The van der Waals surface area contributed by atoms with Crippen molar-refractivity contribution in [3.8, 4) is 0 Å². The molecule has 3 aromatic rings. The fraction of sp³-hybridized carbons (Fsp3) is 0.438. The van der Waals surface area contributed by atoms with Crippen molar-refractivity contribution < 1.29 is 5.11 Å². The van der Waals surface area contributed by atoms with Crippen molar-refractivity contribution in [2.75, 3.05) is 18.0 Å². The van der Waals surface area contributed by atoms with Crippen LogP contribution >= 0.6 is 0 Å². The highest BCUT2D eigenvalue weighted by atomic mass is 16.3. The highest BCUT2D eigenvalue weighted by molar-refractivity contribution is 5.86. The van der Waals surface area contributed by atoms with Crippen molar-refractivity contribution in [3.05, 3.63) is 35.5 Å². The predicted octanol–water partition coefficient (Wildman–Crippen LogP) is 1.34. The molecule has 0 saturated carbocycles. The summed E-state index contributed by atoms with van der Waals surface area (Å²) in [5, 5.41) is 17.7. The number of nitrogens with zero attached hydrogens (tertiary/aromatic N) is 4. The number of aliphatic hydroxyl groups is 1. The molecule has 120 valence electrons. The number of nitrogens with one attached hydrogen (secondary N) is 2. The molecule has 3 N–H and O–H groups in total. The van der Waals surface area contributed by atoms with E-state index < -0.39 is 0 Å². The van der Waals surface area contributed by atoms with E-state index in [4.69, 9.17) is 0 Å². The summed E-state index contributed by atoms with van der Waals surface area (Å²) in [5.74, 6) is 1.77. The van der Waals surface area contributed by atoms with E-state index >= 15 is 0 Å². The van der Waals surface area contributed by atoms with Gasteiger partial charge in [-0.3, -0.25) is 5.10 Å². The third kappa shape index (κ3) is 2.57. The monoisotopic (exact) mass is 312 g/mol. The Labute approximate surface area is 133 Å². The Morgan fingerprint density at radius 3 is 2.96 bits per heavy atom. The molecule has 0 amide bonds. The first-order chi connectivity index (χ1) is 11.1. The number of H-pyrrole nitrogens is 2. The Morgan fingerprint density at radius 1 is 1.30 bits per heavy atom. The first kappa shape index (κ1) is 14.2. The largest absolute Gasteiger partial charge is 0.391 e. The third-order valence-electron chi connectivity index (χ3n) is 4.43. The maximum Gasteiger partial charge on any atom is 0.156 e. The van der Waals surface area contributed by atoms with Gasteiger partial charge in [-0.1, -0.05) is 0 Å². The standard InChI is InChI=1S/C16H20N6O/c1-9-5-12(21-20-9)6-11-7-22(8-14(11)23)16-15-13(3-4-17-15)18-10(2)19-16/h3-5,11,14,17,23H,6-8H2,1-2H3,(H,20,21)/t11-,14+/m1/s1. The Hall–Kier alpha value is -2.41. The van der Waals surface area contributed by atoms with Gasteiger partial charge in [-0.25, -0.2) is 9.97 Å². The molecule has 3 aromatic heterocycles. The fourth-order valence-electron chi connectivity index (χ4n) is 3.35. The van der Waals surface area contributed by atoms with E-state index in [2.05, 4.69) is 30.0 Å². The van der Waals surface area contributed by atoms with E-state index in [1.54, 1.807) is 0 Å². The fourth-order valence-corrected chi connectivity index (χ4v) is 3.35. The summed E-state index contributed by atoms with van der Waals surface area (Å²) in [5.41, 5.74) is 3.88. The molecular formula is C16H20N6O. The predicted molar refractivity (Wildman–Crippen MR) is 87.4 cm³/mol. The van der Waals surface area contributed by atoms with Crippen LogP contribution in [0.15, 0.2) is 18.3 Å². The molecule has 4 heterocycles. The van der Waals surface area contributed by atoms with Crippen molar-refractivity contribution in [1.29, 1.82) is 0 Å². The molecule has 4 rings (SSSR count). The van der Waals surface area contributed by atoms with Gasteiger partial charge in [0.2, 0.25) is 0 Å². The van der Waals surface area contributed by atoms with Gasteiger partial charge in [0, 0.05) is 30.9 Å². The van der Waals surface area contributed by atoms with Crippen LogP contribution in [0.5, 0.6) is 0 Å². The number of aryl methyl sites for hydroxylation is 2. The normalized spacial score (nSPS) is 21.4. The summed E-state index contributed by atoms with van der Waals surface area (Å²) >= 11 is 0. The topological polar surface area (TPSA) is 93.7 Å². The molecule has 0 unspecified atom stereocenters. The van der Waals surface area contributed by atoms with Gasteiger partial charge in [0.1, 0.15) is 11.3 Å². The molecule has 0 spiro atoms. The Bertz CT molecular complexity index is 838. The lowest BCUT2D eigenvalue weighted by molar-refractivity contribution is 0.148. The lowest BCUT2D eigenvalue weighted by Crippen LogP contribution is -2.23. The van der Waals surface area contributed by atoms with E-state index in [9.17, 15) is 5.11 Å². The van der Waals surface area contributed by atoms with Crippen LogP contribution in [0.1, 0.15) is 17.2 Å². The third-order valence-corrected chi connectivity index (χ3v) is 4.43. The minimum atomic E-state index is -0.382. The van der Waals surface area contributed by atoms with Gasteiger partial charge in [0.25, 0.3) is 0 Å². The minimum Gasteiger partial charge on any atom is -0.391 e. The SMILES string of the molecule is Cc1nc(N2C[C@@H](Cc3cc(C)[nH]n3)[C@@H](O)C2)c2[nH]ccc2n1. The number of rotatable bonds is 3. The van der Waals surface area contributed by atoms with Crippen LogP contribution in [0.2, 0.25) is 0 Å². The van der Waals surface area contributed by atoms with E-state index in [0.717, 1.165) is 47.0 Å². The van der Waals surface area contributed by atoms with Crippen LogP contribution in [0.3, 0.4) is 0 Å². The number of fused-ring (bicyclic) bond motifs is 1. The summed E-state index contributed by atoms with van der Waals surface area (Å²) in [6, 6.07) is 3.98. The Balaban J connectivity index is 1.59. The molecule has 2 atom stereocenters. The molecule has 1 aliphatic rings. The molecule has 1 saturated heterocycles. The number of anilines is 1. The number of aromatic amines is 2. The summed E-state index contributed by atoms with van der Waals surface area (Å²) in [6.45, 7) is 5.22. The molecule has 0 radical (unpaired) electrons. The molecule has 0 aromatic carbocycles. The van der Waals surface area contributed by atoms with Crippen LogP contribution in [0.25, 0.3) is 11.0 Å².